The lowest BCUT2D eigenvalue weighted by Crippen LogP contribution is -2.44. The molecular weight excluding hydrogens is 310 g/mol. The third-order valence-corrected chi connectivity index (χ3v) is 2.75. The van der Waals surface area contributed by atoms with Crippen LogP contribution in [0.3, 0.4) is 0 Å². The number of hydrogen-bond donors (Lipinski definition) is 2. The van der Waals surface area contributed by atoms with E-state index in [0.29, 0.717) is 5.75 Å². The summed E-state index contributed by atoms with van der Waals surface area (Å²) in [7, 11) is 0. The highest BCUT2D eigenvalue weighted by Crippen LogP contribution is 2.20. The van der Waals surface area contributed by atoms with Crippen LogP contribution in [0.1, 0.15) is 47.1 Å². The molecule has 0 saturated heterocycles. The van der Waals surface area contributed by atoms with Gasteiger partial charge in [0.2, 0.25) is 0 Å². The molecule has 1 atom stereocenters. The molecule has 0 heterocycles. The Bertz CT molecular complexity index is 584. The maximum absolute atomic E-state index is 11.8. The van der Waals surface area contributed by atoms with E-state index in [-0.39, 0.29) is 12.0 Å². The molecule has 0 aliphatic heterocycles. The predicted octanol–water partition coefficient (Wildman–Crippen LogP) is 3.38. The quantitative estimate of drug-likeness (QED) is 0.860. The summed E-state index contributed by atoms with van der Waals surface area (Å²) in [6, 6.07) is 6.10. The van der Waals surface area contributed by atoms with Gasteiger partial charge in [-0.05, 0) is 59.2 Å². The highest BCUT2D eigenvalue weighted by Gasteiger charge is 2.24. The average molecular weight is 337 g/mol. The van der Waals surface area contributed by atoms with Crippen LogP contribution in [0.4, 0.5) is 4.79 Å². The van der Waals surface area contributed by atoms with Gasteiger partial charge >= 0.3 is 12.1 Å². The van der Waals surface area contributed by atoms with Crippen molar-refractivity contribution >= 4 is 12.1 Å². The number of amides is 1. The van der Waals surface area contributed by atoms with E-state index < -0.39 is 23.7 Å². The molecule has 0 aliphatic carbocycles. The predicted molar refractivity (Wildman–Crippen MR) is 91.3 cm³/mol. The third kappa shape index (κ3) is 7.85. The Hall–Kier alpha value is -2.24. The zero-order valence-corrected chi connectivity index (χ0v) is 15.2. The summed E-state index contributed by atoms with van der Waals surface area (Å²) in [6.07, 6.45) is -0.618. The van der Waals surface area contributed by atoms with Gasteiger partial charge in [-0.3, -0.25) is 0 Å². The molecule has 0 fully saturated rings. The fraction of sp³-hybridized carbons (Fsp3) is 0.556. The monoisotopic (exact) mass is 337 g/mol. The zero-order valence-electron chi connectivity index (χ0n) is 15.2. The molecule has 1 rings (SSSR count). The molecule has 0 saturated carbocycles. The maximum Gasteiger partial charge on any atom is 0.408 e. The van der Waals surface area contributed by atoms with E-state index >= 15 is 0 Å². The smallest absolute Gasteiger partial charge is 0.408 e. The van der Waals surface area contributed by atoms with Gasteiger partial charge in [0.15, 0.2) is 0 Å². The molecule has 0 aliphatic rings. The average Bonchev–Trinajstić information content (AvgIpc) is 2.33. The van der Waals surface area contributed by atoms with Crippen molar-refractivity contribution in [3.05, 3.63) is 29.8 Å². The minimum absolute atomic E-state index is 0.135. The summed E-state index contributed by atoms with van der Waals surface area (Å²) in [4.78, 5) is 23.2. The Morgan fingerprint density at radius 1 is 1.12 bits per heavy atom. The van der Waals surface area contributed by atoms with Crippen LogP contribution in [-0.2, 0) is 16.0 Å². The molecular formula is C18H27NO5. The van der Waals surface area contributed by atoms with E-state index in [4.69, 9.17) is 9.47 Å². The molecule has 0 aromatic heterocycles. The Morgan fingerprint density at radius 3 is 2.25 bits per heavy atom. The van der Waals surface area contributed by atoms with E-state index in [9.17, 15) is 14.7 Å². The topological polar surface area (TPSA) is 84.9 Å². The van der Waals surface area contributed by atoms with Crippen molar-refractivity contribution in [2.45, 2.75) is 65.2 Å². The number of benzene rings is 1. The van der Waals surface area contributed by atoms with Crippen LogP contribution in [0, 0.1) is 0 Å². The summed E-state index contributed by atoms with van der Waals surface area (Å²) in [5.74, 6) is -0.468. The summed E-state index contributed by atoms with van der Waals surface area (Å²) in [5, 5.41) is 11.7. The Morgan fingerprint density at radius 2 is 1.75 bits per heavy atom. The Kier molecular flexibility index (Phi) is 6.23. The number of carbonyl (C=O) groups is 2. The van der Waals surface area contributed by atoms with Crippen molar-refractivity contribution < 1.29 is 24.2 Å². The summed E-state index contributed by atoms with van der Waals surface area (Å²) < 4.78 is 10.9. The number of nitrogens with one attached hydrogen (secondary N) is 1. The first kappa shape index (κ1) is 19.8. The van der Waals surface area contributed by atoms with Crippen LogP contribution in [0.5, 0.6) is 5.75 Å². The van der Waals surface area contributed by atoms with E-state index in [1.54, 1.807) is 39.0 Å². The number of aliphatic carboxylic acids is 1. The van der Waals surface area contributed by atoms with E-state index in [1.165, 1.54) is 0 Å². The molecule has 0 radical (unpaired) electrons. The van der Waals surface area contributed by atoms with E-state index in [2.05, 4.69) is 5.32 Å². The molecule has 24 heavy (non-hydrogen) atoms. The number of rotatable bonds is 5. The highest BCUT2D eigenvalue weighted by atomic mass is 16.6. The zero-order chi connectivity index (χ0) is 18.5. The first-order valence-electron chi connectivity index (χ1n) is 7.86. The second kappa shape index (κ2) is 7.55. The fourth-order valence-corrected chi connectivity index (χ4v) is 1.98. The molecule has 134 valence electrons. The number of alkyl carbamates (subject to hydrolysis) is 1. The number of carboxylic acids is 1. The fourth-order valence-electron chi connectivity index (χ4n) is 1.98. The first-order valence-corrected chi connectivity index (χ1v) is 7.86. The Labute approximate surface area is 143 Å². The summed E-state index contributed by atoms with van der Waals surface area (Å²) >= 11 is 0. The number of hydrogen-bond acceptors (Lipinski definition) is 4. The normalized spacial score (nSPS) is 13.1. The van der Waals surface area contributed by atoms with Gasteiger partial charge in [-0.2, -0.15) is 0 Å². The van der Waals surface area contributed by atoms with Gasteiger partial charge < -0.3 is 19.9 Å². The van der Waals surface area contributed by atoms with Crippen molar-refractivity contribution in [1.29, 1.82) is 0 Å². The standard InChI is InChI=1S/C18H27NO5/c1-17(2,3)23-13-9-7-8-12(10-13)11-14(15(20)21)19-16(22)24-18(4,5)6/h7-10,14H,11H2,1-6H3,(H,19,22)(H,20,21)/t14-/m0/s1. The van der Waals surface area contributed by atoms with Gasteiger partial charge in [0, 0.05) is 6.42 Å². The lowest BCUT2D eigenvalue weighted by atomic mass is 10.1. The summed E-state index contributed by atoms with van der Waals surface area (Å²) in [6.45, 7) is 11.0. The molecule has 0 unspecified atom stereocenters. The lowest BCUT2D eigenvalue weighted by Gasteiger charge is -2.23. The Balaban J connectivity index is 2.80. The molecule has 0 bridgehead atoms. The van der Waals surface area contributed by atoms with Crippen LogP contribution in [0.2, 0.25) is 0 Å². The van der Waals surface area contributed by atoms with Gasteiger partial charge in [-0.15, -0.1) is 0 Å². The van der Waals surface area contributed by atoms with E-state index in [0.717, 1.165) is 5.56 Å². The molecule has 1 aromatic rings. The van der Waals surface area contributed by atoms with Gasteiger partial charge in [0.25, 0.3) is 0 Å². The van der Waals surface area contributed by atoms with Gasteiger partial charge in [0.05, 0.1) is 0 Å². The second-order valence-electron chi connectivity index (χ2n) is 7.60. The largest absolute Gasteiger partial charge is 0.488 e. The summed E-state index contributed by atoms with van der Waals surface area (Å²) in [5.41, 5.74) is -0.284. The minimum atomic E-state index is -1.12. The molecule has 0 spiro atoms. The van der Waals surface area contributed by atoms with Crippen LogP contribution >= 0.6 is 0 Å². The molecule has 1 amide bonds. The maximum atomic E-state index is 11.8. The highest BCUT2D eigenvalue weighted by molar-refractivity contribution is 5.80. The van der Waals surface area contributed by atoms with Crippen molar-refractivity contribution in [2.24, 2.45) is 0 Å². The van der Waals surface area contributed by atoms with Crippen LogP contribution in [0.25, 0.3) is 0 Å². The SMILES string of the molecule is CC(C)(C)OC(=O)N[C@@H](Cc1cccc(OC(C)(C)C)c1)C(=O)O. The van der Waals surface area contributed by atoms with Gasteiger partial charge in [0.1, 0.15) is 23.0 Å². The van der Waals surface area contributed by atoms with Gasteiger partial charge in [-0.1, -0.05) is 12.1 Å². The molecule has 1 aromatic carbocycles. The number of carbonyl (C=O) groups excluding carboxylic acids is 1. The van der Waals surface area contributed by atoms with Crippen molar-refractivity contribution in [2.75, 3.05) is 0 Å². The van der Waals surface area contributed by atoms with Crippen molar-refractivity contribution in [3.8, 4) is 5.75 Å². The van der Waals surface area contributed by atoms with Crippen LogP contribution in [-0.4, -0.2) is 34.4 Å². The molecule has 6 heteroatoms. The van der Waals surface area contributed by atoms with Crippen molar-refractivity contribution in [3.63, 3.8) is 0 Å². The minimum Gasteiger partial charge on any atom is -0.488 e. The second-order valence-corrected chi connectivity index (χ2v) is 7.60. The van der Waals surface area contributed by atoms with Crippen molar-refractivity contribution in [1.82, 2.24) is 5.32 Å². The number of carboxylic acid groups (broad SMARTS) is 1. The van der Waals surface area contributed by atoms with Crippen LogP contribution in [0.15, 0.2) is 24.3 Å². The third-order valence-electron chi connectivity index (χ3n) is 2.75. The first-order chi connectivity index (χ1) is 10.9. The number of ether oxygens (including phenoxy) is 2. The van der Waals surface area contributed by atoms with E-state index in [1.807, 2.05) is 26.8 Å². The van der Waals surface area contributed by atoms with Gasteiger partial charge in [-0.25, -0.2) is 9.59 Å². The lowest BCUT2D eigenvalue weighted by molar-refractivity contribution is -0.139. The van der Waals surface area contributed by atoms with Crippen LogP contribution < -0.4 is 10.1 Å². The molecule has 2 N–H and O–H groups in total. The molecule has 6 nitrogen and oxygen atoms in total.